The number of phenolic OH excluding ortho intramolecular Hbond substituents is 2. The normalized spacial score (nSPS) is 20.2. The van der Waals surface area contributed by atoms with E-state index in [1.54, 1.807) is 13.8 Å². The number of ether oxygens (including phenoxy) is 1. The van der Waals surface area contributed by atoms with E-state index >= 15 is 0 Å². The highest BCUT2D eigenvalue weighted by Gasteiger charge is 2.56. The number of fused-ring (bicyclic) bond motifs is 3. The van der Waals surface area contributed by atoms with Gasteiger partial charge in [0.2, 0.25) is 0 Å². The molecule has 0 spiro atoms. The molecule has 3 N–H and O–H groups in total. The van der Waals surface area contributed by atoms with Crippen LogP contribution < -0.4 is 10.1 Å². The van der Waals surface area contributed by atoms with E-state index in [-0.39, 0.29) is 39.5 Å². The lowest BCUT2D eigenvalue weighted by molar-refractivity contribution is -0.123. The molecule has 9 nitrogen and oxygen atoms in total. The predicted molar refractivity (Wildman–Crippen MR) is 126 cm³/mol. The fourth-order valence-electron chi connectivity index (χ4n) is 4.85. The number of carbonyl (C=O) groups is 3. The van der Waals surface area contributed by atoms with Crippen LogP contribution in [0, 0.1) is 20.8 Å². The highest BCUT2D eigenvalue weighted by Crippen LogP contribution is 2.57. The number of nitrogens with one attached hydrogen (secondary N) is 1. The van der Waals surface area contributed by atoms with Gasteiger partial charge in [-0.25, -0.2) is 0 Å². The van der Waals surface area contributed by atoms with Gasteiger partial charge in [-0.15, -0.1) is 0 Å². The zero-order chi connectivity index (χ0) is 25.8. The number of aryl methyl sites for hydroxylation is 2. The number of aromatic hydroxyl groups is 2. The molecular formula is C26H28N2O7. The van der Waals surface area contributed by atoms with Crippen LogP contribution in [0.15, 0.2) is 27.6 Å². The second-order valence-electron chi connectivity index (χ2n) is 9.22. The summed E-state index contributed by atoms with van der Waals surface area (Å²) in [6.07, 6.45) is 2.66. The zero-order valence-electron chi connectivity index (χ0n) is 20.6. The minimum absolute atomic E-state index is 0.0141. The number of benzene rings is 1. The zero-order valence-corrected chi connectivity index (χ0v) is 20.6. The second-order valence-corrected chi connectivity index (χ2v) is 9.22. The molecule has 35 heavy (non-hydrogen) atoms. The van der Waals surface area contributed by atoms with E-state index in [2.05, 4.69) is 10.5 Å². The maximum absolute atomic E-state index is 13.8. The number of phenols is 2. The molecule has 1 aliphatic heterocycles. The molecule has 9 heteroatoms. The van der Waals surface area contributed by atoms with E-state index in [0.717, 1.165) is 29.9 Å². The Labute approximate surface area is 202 Å². The summed E-state index contributed by atoms with van der Waals surface area (Å²) in [5, 5.41) is 28.4. The summed E-state index contributed by atoms with van der Waals surface area (Å²) in [7, 11) is 0. The van der Waals surface area contributed by atoms with Crippen molar-refractivity contribution >= 4 is 17.3 Å². The van der Waals surface area contributed by atoms with E-state index in [9.17, 15) is 24.6 Å². The van der Waals surface area contributed by atoms with Crippen LogP contribution in [0.1, 0.15) is 65.7 Å². The van der Waals surface area contributed by atoms with E-state index in [1.807, 2.05) is 13.8 Å². The number of Topliss-reactive ketones (excluding diaryl/α,β-unsaturated/α-hetero) is 2. The number of aromatic nitrogens is 1. The minimum atomic E-state index is -1.52. The summed E-state index contributed by atoms with van der Waals surface area (Å²) in [6, 6.07) is 0. The molecule has 2 aromatic rings. The monoisotopic (exact) mass is 480 g/mol. The highest BCUT2D eigenvalue weighted by atomic mass is 16.5. The van der Waals surface area contributed by atoms with Crippen molar-refractivity contribution in [2.75, 3.05) is 6.54 Å². The van der Waals surface area contributed by atoms with Crippen LogP contribution in [-0.2, 0) is 21.4 Å². The van der Waals surface area contributed by atoms with Crippen molar-refractivity contribution in [1.82, 2.24) is 10.5 Å². The molecule has 1 aromatic carbocycles. The largest absolute Gasteiger partial charge is 0.507 e. The maximum atomic E-state index is 13.8. The summed E-state index contributed by atoms with van der Waals surface area (Å²) in [6.45, 7) is 10.1. The van der Waals surface area contributed by atoms with Crippen LogP contribution >= 0.6 is 0 Å². The van der Waals surface area contributed by atoms with Crippen molar-refractivity contribution < 1.29 is 33.9 Å². The van der Waals surface area contributed by atoms with Gasteiger partial charge in [-0.3, -0.25) is 14.4 Å². The van der Waals surface area contributed by atoms with E-state index in [0.29, 0.717) is 12.2 Å². The fourth-order valence-corrected chi connectivity index (χ4v) is 4.85. The Morgan fingerprint density at radius 3 is 2.43 bits per heavy atom. The lowest BCUT2D eigenvalue weighted by Crippen LogP contribution is -2.41. The van der Waals surface area contributed by atoms with Gasteiger partial charge in [0.25, 0.3) is 0 Å². The third-order valence-electron chi connectivity index (χ3n) is 6.93. The number of rotatable bonds is 6. The van der Waals surface area contributed by atoms with Gasteiger partial charge in [0.05, 0.1) is 16.8 Å². The van der Waals surface area contributed by atoms with Gasteiger partial charge in [-0.1, -0.05) is 5.16 Å². The van der Waals surface area contributed by atoms with Crippen LogP contribution in [0.3, 0.4) is 0 Å². The topological polar surface area (TPSA) is 139 Å². The number of hydrogen-bond donors (Lipinski definition) is 3. The van der Waals surface area contributed by atoms with Crippen LogP contribution in [0.4, 0.5) is 0 Å². The summed E-state index contributed by atoms with van der Waals surface area (Å²) in [5.41, 5.74) is 0.723. The van der Waals surface area contributed by atoms with Gasteiger partial charge in [0.1, 0.15) is 39.7 Å². The highest BCUT2D eigenvalue weighted by molar-refractivity contribution is 6.31. The lowest BCUT2D eigenvalue weighted by Gasteiger charge is -2.29. The van der Waals surface area contributed by atoms with Gasteiger partial charge < -0.3 is 24.8 Å². The molecule has 0 bridgehead atoms. The first-order valence-corrected chi connectivity index (χ1v) is 11.4. The van der Waals surface area contributed by atoms with Crippen LogP contribution in [0.2, 0.25) is 0 Å². The quantitative estimate of drug-likeness (QED) is 0.246. The lowest BCUT2D eigenvalue weighted by atomic mass is 9.70. The summed E-state index contributed by atoms with van der Waals surface area (Å²) in [4.78, 5) is 39.0. The predicted octanol–water partition coefficient (Wildman–Crippen LogP) is 3.40. The fraction of sp³-hybridized carbons (Fsp3) is 0.385. The molecule has 0 unspecified atom stereocenters. The Morgan fingerprint density at radius 1 is 1.14 bits per heavy atom. The first-order chi connectivity index (χ1) is 16.4. The molecule has 0 saturated carbocycles. The number of allylic oxidation sites excluding steroid dienone is 4. The molecule has 0 radical (unpaired) electrons. The molecule has 184 valence electrons. The van der Waals surface area contributed by atoms with Gasteiger partial charge in [0.15, 0.2) is 17.3 Å². The van der Waals surface area contributed by atoms with Crippen molar-refractivity contribution in [3.05, 3.63) is 56.8 Å². The number of hydrogen-bond acceptors (Lipinski definition) is 9. The first-order valence-electron chi connectivity index (χ1n) is 11.4. The minimum Gasteiger partial charge on any atom is -0.507 e. The summed E-state index contributed by atoms with van der Waals surface area (Å²) < 4.78 is 11.0. The van der Waals surface area contributed by atoms with Crippen molar-refractivity contribution in [2.45, 2.75) is 59.8 Å². The number of ketones is 3. The van der Waals surface area contributed by atoms with Gasteiger partial charge >= 0.3 is 0 Å². The molecule has 2 heterocycles. The molecule has 0 amide bonds. The maximum Gasteiger partial charge on any atom is 0.194 e. The van der Waals surface area contributed by atoms with Crippen molar-refractivity contribution in [3.63, 3.8) is 0 Å². The average molecular weight is 481 g/mol. The third kappa shape index (κ3) is 3.53. The molecule has 0 saturated heterocycles. The Kier molecular flexibility index (Phi) is 5.82. The Balaban J connectivity index is 1.68. The van der Waals surface area contributed by atoms with E-state index in [4.69, 9.17) is 9.26 Å². The molecule has 1 aliphatic carbocycles. The molecule has 2 aliphatic rings. The third-order valence-corrected chi connectivity index (χ3v) is 6.93. The van der Waals surface area contributed by atoms with Gasteiger partial charge in [-0.05, 0) is 54.4 Å². The number of nitrogens with zero attached hydrogens (tertiary/aromatic N) is 1. The molecule has 1 aromatic heterocycles. The van der Waals surface area contributed by atoms with Crippen molar-refractivity contribution in [2.24, 2.45) is 0 Å². The molecule has 1 atom stereocenters. The van der Waals surface area contributed by atoms with Crippen LogP contribution in [0.25, 0.3) is 0 Å². The van der Waals surface area contributed by atoms with Crippen molar-refractivity contribution in [3.8, 4) is 17.2 Å². The SMILES string of the molecule is CC(=O)c1c(O)c(C)c(O)c2c1OC1=CC(=O)/C(=C(/C)NCCCc3c(C)noc3C)C(=O)[C@]12C. The first kappa shape index (κ1) is 24.3. The van der Waals surface area contributed by atoms with Crippen LogP contribution in [0.5, 0.6) is 17.2 Å². The summed E-state index contributed by atoms with van der Waals surface area (Å²) >= 11 is 0. The Bertz CT molecular complexity index is 1340. The van der Waals surface area contributed by atoms with Crippen molar-refractivity contribution in [1.29, 1.82) is 0 Å². The molecular weight excluding hydrogens is 452 g/mol. The number of carbonyl (C=O) groups excluding carboxylic acids is 3. The van der Waals surface area contributed by atoms with E-state index < -0.39 is 28.5 Å². The Morgan fingerprint density at radius 2 is 1.83 bits per heavy atom. The Hall–Kier alpha value is -3.88. The second kappa shape index (κ2) is 8.41. The van der Waals surface area contributed by atoms with Crippen LogP contribution in [-0.4, -0.2) is 39.3 Å². The average Bonchev–Trinajstić information content (AvgIpc) is 3.26. The van der Waals surface area contributed by atoms with E-state index in [1.165, 1.54) is 19.9 Å². The van der Waals surface area contributed by atoms with Gasteiger partial charge in [0, 0.05) is 29.4 Å². The van der Waals surface area contributed by atoms with Gasteiger partial charge in [-0.2, -0.15) is 0 Å². The summed E-state index contributed by atoms with van der Waals surface area (Å²) in [5.74, 6) is -1.65. The molecule has 0 fully saturated rings. The smallest absolute Gasteiger partial charge is 0.194 e. The standard InChI is InChI=1S/C26H28N2O7/c1-11-22(31)20(14(4)29)24-21(23(11)32)26(6)18(34-24)10-17(30)19(25(26)33)13(3)27-9-7-8-16-12(2)28-35-15(16)5/h10,27,31-32H,7-9H2,1-6H3/b19-13+/t26-/m1/s1. The molecule has 4 rings (SSSR count).